The van der Waals surface area contributed by atoms with Crippen LogP contribution in [0.4, 0.5) is 10.1 Å². The van der Waals surface area contributed by atoms with Gasteiger partial charge in [0.2, 0.25) is 10.0 Å². The number of rotatable bonds is 7. The van der Waals surface area contributed by atoms with Crippen molar-refractivity contribution in [2.75, 3.05) is 12.3 Å². The van der Waals surface area contributed by atoms with Crippen LogP contribution < -0.4 is 5.73 Å². The predicted molar refractivity (Wildman–Crippen MR) is 83.9 cm³/mol. The standard InChI is InChI=1S/C15H25FN2O2S/c1-5-13(6-2)18(10-11(3)4)21(19,20)15-8-7-12(17)9-14(15)16/h7-9,11,13H,5-6,10,17H2,1-4H3. The first-order valence-corrected chi connectivity index (χ1v) is 8.74. The van der Waals surface area contributed by atoms with Crippen LogP contribution in [-0.2, 0) is 10.0 Å². The van der Waals surface area contributed by atoms with E-state index in [1.54, 1.807) is 0 Å². The van der Waals surface area contributed by atoms with Gasteiger partial charge < -0.3 is 5.73 Å². The minimum absolute atomic E-state index is 0.130. The molecule has 2 N–H and O–H groups in total. The fourth-order valence-electron chi connectivity index (χ4n) is 2.35. The van der Waals surface area contributed by atoms with Crippen molar-refractivity contribution in [1.29, 1.82) is 0 Å². The van der Waals surface area contributed by atoms with E-state index >= 15 is 0 Å². The Morgan fingerprint density at radius 1 is 1.24 bits per heavy atom. The second-order valence-electron chi connectivity index (χ2n) is 5.63. The third kappa shape index (κ3) is 4.17. The highest BCUT2D eigenvalue weighted by Gasteiger charge is 2.32. The van der Waals surface area contributed by atoms with Gasteiger partial charge >= 0.3 is 0 Å². The van der Waals surface area contributed by atoms with Crippen molar-refractivity contribution < 1.29 is 12.8 Å². The van der Waals surface area contributed by atoms with Gasteiger partial charge in [-0.15, -0.1) is 0 Å². The first-order valence-electron chi connectivity index (χ1n) is 7.30. The molecule has 0 saturated heterocycles. The Labute approximate surface area is 127 Å². The number of nitrogens with two attached hydrogens (primary N) is 1. The molecular weight excluding hydrogens is 291 g/mol. The maximum atomic E-state index is 14.0. The molecular formula is C15H25FN2O2S. The molecule has 0 aliphatic rings. The molecule has 120 valence electrons. The van der Waals surface area contributed by atoms with Crippen LogP contribution in [0.3, 0.4) is 0 Å². The number of benzene rings is 1. The lowest BCUT2D eigenvalue weighted by Gasteiger charge is -2.31. The van der Waals surface area contributed by atoms with Crippen molar-refractivity contribution in [3.63, 3.8) is 0 Å². The van der Waals surface area contributed by atoms with Crippen LogP contribution in [0.1, 0.15) is 40.5 Å². The number of nitrogen functional groups attached to an aromatic ring is 1. The van der Waals surface area contributed by atoms with E-state index in [4.69, 9.17) is 5.73 Å². The van der Waals surface area contributed by atoms with Crippen molar-refractivity contribution in [2.24, 2.45) is 5.92 Å². The number of hydrogen-bond acceptors (Lipinski definition) is 3. The van der Waals surface area contributed by atoms with Gasteiger partial charge in [-0.05, 0) is 37.0 Å². The van der Waals surface area contributed by atoms with Crippen LogP contribution in [0, 0.1) is 11.7 Å². The van der Waals surface area contributed by atoms with Gasteiger partial charge in [-0.3, -0.25) is 0 Å². The fraction of sp³-hybridized carbons (Fsp3) is 0.600. The van der Waals surface area contributed by atoms with E-state index < -0.39 is 15.8 Å². The lowest BCUT2D eigenvalue weighted by atomic mass is 10.1. The first kappa shape index (κ1) is 17.9. The molecule has 1 rings (SSSR count). The van der Waals surface area contributed by atoms with E-state index in [-0.39, 0.29) is 22.5 Å². The summed E-state index contributed by atoms with van der Waals surface area (Å²) in [5.74, 6) is -0.632. The van der Waals surface area contributed by atoms with Gasteiger partial charge in [0.25, 0.3) is 0 Å². The minimum Gasteiger partial charge on any atom is -0.399 e. The first-order chi connectivity index (χ1) is 9.73. The molecule has 0 unspecified atom stereocenters. The number of halogens is 1. The summed E-state index contributed by atoms with van der Waals surface area (Å²) >= 11 is 0. The molecule has 0 atom stereocenters. The van der Waals surface area contributed by atoms with Gasteiger partial charge in [0.1, 0.15) is 10.7 Å². The maximum absolute atomic E-state index is 14.0. The molecule has 21 heavy (non-hydrogen) atoms. The Hall–Kier alpha value is -1.14. The Balaban J connectivity index is 3.32. The normalized spacial score (nSPS) is 12.6. The average molecular weight is 316 g/mol. The number of anilines is 1. The van der Waals surface area contributed by atoms with E-state index in [0.717, 1.165) is 6.07 Å². The quantitative estimate of drug-likeness (QED) is 0.785. The van der Waals surface area contributed by atoms with E-state index in [0.29, 0.717) is 19.4 Å². The summed E-state index contributed by atoms with van der Waals surface area (Å²) in [5, 5.41) is 0. The van der Waals surface area contributed by atoms with Crippen LogP contribution in [-0.4, -0.2) is 25.3 Å². The van der Waals surface area contributed by atoms with Crippen LogP contribution in [0.25, 0.3) is 0 Å². The SMILES string of the molecule is CCC(CC)N(CC(C)C)S(=O)(=O)c1ccc(N)cc1F. The molecule has 0 saturated carbocycles. The van der Waals surface area contributed by atoms with Crippen molar-refractivity contribution in [2.45, 2.75) is 51.5 Å². The van der Waals surface area contributed by atoms with Crippen molar-refractivity contribution in [3.8, 4) is 0 Å². The molecule has 0 fully saturated rings. The predicted octanol–water partition coefficient (Wildman–Crippen LogP) is 3.24. The highest BCUT2D eigenvalue weighted by atomic mass is 32.2. The summed E-state index contributed by atoms with van der Waals surface area (Å²) in [6.07, 6.45) is 1.39. The van der Waals surface area contributed by atoms with Crippen molar-refractivity contribution >= 4 is 15.7 Å². The monoisotopic (exact) mass is 316 g/mol. The molecule has 0 spiro atoms. The molecule has 0 bridgehead atoms. The summed E-state index contributed by atoms with van der Waals surface area (Å²) in [6, 6.07) is 3.58. The molecule has 0 radical (unpaired) electrons. The number of sulfonamides is 1. The Morgan fingerprint density at radius 3 is 2.24 bits per heavy atom. The van der Waals surface area contributed by atoms with Gasteiger partial charge in [0.15, 0.2) is 0 Å². The van der Waals surface area contributed by atoms with Gasteiger partial charge in [0, 0.05) is 18.3 Å². The lowest BCUT2D eigenvalue weighted by Crippen LogP contribution is -2.42. The van der Waals surface area contributed by atoms with E-state index in [1.165, 1.54) is 16.4 Å². The summed E-state index contributed by atoms with van der Waals surface area (Å²) in [4.78, 5) is -0.302. The summed E-state index contributed by atoms with van der Waals surface area (Å²) in [7, 11) is -3.86. The van der Waals surface area contributed by atoms with Gasteiger partial charge in [-0.25, -0.2) is 12.8 Å². The fourth-order valence-corrected chi connectivity index (χ4v) is 4.33. The van der Waals surface area contributed by atoms with E-state index in [2.05, 4.69) is 0 Å². The Kier molecular flexibility index (Phi) is 6.16. The molecule has 1 aromatic rings. The molecule has 1 aromatic carbocycles. The van der Waals surface area contributed by atoms with Crippen LogP contribution in [0.15, 0.2) is 23.1 Å². The van der Waals surface area contributed by atoms with Crippen LogP contribution in [0.5, 0.6) is 0 Å². The zero-order valence-electron chi connectivity index (χ0n) is 13.1. The van der Waals surface area contributed by atoms with Crippen molar-refractivity contribution in [3.05, 3.63) is 24.0 Å². The molecule has 0 heterocycles. The van der Waals surface area contributed by atoms with Gasteiger partial charge in [-0.2, -0.15) is 4.31 Å². The molecule has 0 aliphatic heterocycles. The number of hydrogen-bond donors (Lipinski definition) is 1. The molecule has 6 heteroatoms. The Bertz CT molecular complexity index is 569. The summed E-state index contributed by atoms with van der Waals surface area (Å²) in [5.41, 5.74) is 5.70. The molecule has 4 nitrogen and oxygen atoms in total. The highest BCUT2D eigenvalue weighted by Crippen LogP contribution is 2.25. The average Bonchev–Trinajstić information content (AvgIpc) is 2.38. The third-order valence-corrected chi connectivity index (χ3v) is 5.39. The topological polar surface area (TPSA) is 63.4 Å². The largest absolute Gasteiger partial charge is 0.399 e. The smallest absolute Gasteiger partial charge is 0.246 e. The van der Waals surface area contributed by atoms with Crippen LogP contribution >= 0.6 is 0 Å². The van der Waals surface area contributed by atoms with Gasteiger partial charge in [-0.1, -0.05) is 27.7 Å². The minimum atomic E-state index is -3.86. The highest BCUT2D eigenvalue weighted by molar-refractivity contribution is 7.89. The van der Waals surface area contributed by atoms with Crippen molar-refractivity contribution in [1.82, 2.24) is 4.31 Å². The van der Waals surface area contributed by atoms with E-state index in [9.17, 15) is 12.8 Å². The summed E-state index contributed by atoms with van der Waals surface area (Å²) < 4.78 is 41.1. The molecule has 0 amide bonds. The maximum Gasteiger partial charge on any atom is 0.246 e. The van der Waals surface area contributed by atoms with Crippen LogP contribution in [0.2, 0.25) is 0 Å². The van der Waals surface area contributed by atoms with Gasteiger partial charge in [0.05, 0.1) is 0 Å². The molecule has 0 aromatic heterocycles. The third-order valence-electron chi connectivity index (χ3n) is 3.44. The summed E-state index contributed by atoms with van der Waals surface area (Å²) in [6.45, 7) is 8.15. The number of nitrogens with zero attached hydrogens (tertiary/aromatic N) is 1. The zero-order chi connectivity index (χ0) is 16.2. The lowest BCUT2D eigenvalue weighted by molar-refractivity contribution is 0.276. The Morgan fingerprint density at radius 2 is 1.81 bits per heavy atom. The van der Waals surface area contributed by atoms with E-state index in [1.807, 2.05) is 27.7 Å². The second kappa shape index (κ2) is 7.22. The molecule has 0 aliphatic carbocycles. The zero-order valence-corrected chi connectivity index (χ0v) is 14.0. The second-order valence-corrected chi connectivity index (χ2v) is 7.49.